The highest BCUT2D eigenvalue weighted by Crippen LogP contribution is 2.46. The number of fused-ring (bicyclic) bond motifs is 5. The number of aliphatic hydroxyl groups excluding tert-OH is 1. The summed E-state index contributed by atoms with van der Waals surface area (Å²) < 4.78 is 4.89. The molecule has 10 heteroatoms. The Morgan fingerprint density at radius 2 is 1.77 bits per heavy atom. The fraction of sp³-hybridized carbons (Fsp3) is 0.364. The van der Waals surface area contributed by atoms with Crippen LogP contribution in [0.4, 0.5) is 0 Å². The lowest BCUT2D eigenvalue weighted by Gasteiger charge is -2.34. The third kappa shape index (κ3) is 4.04. The third-order valence-corrected chi connectivity index (χ3v) is 9.40. The monoisotopic (exact) mass is 582 g/mol. The zero-order valence-corrected chi connectivity index (χ0v) is 25.0. The van der Waals surface area contributed by atoms with E-state index in [1.165, 1.54) is 14.0 Å². The van der Waals surface area contributed by atoms with E-state index in [4.69, 9.17) is 19.7 Å². The van der Waals surface area contributed by atoms with Gasteiger partial charge in [-0.15, -0.1) is 0 Å². The van der Waals surface area contributed by atoms with Crippen LogP contribution < -0.4 is 5.32 Å². The zero-order chi connectivity index (χ0) is 31.0. The minimum Gasteiger partial charge on any atom is -0.515 e. The number of hydrogen-bond acceptors (Lipinski definition) is 10. The molecule has 1 aliphatic carbocycles. The number of rotatable bonds is 4. The van der Waals surface area contributed by atoms with E-state index >= 15 is 0 Å². The first-order chi connectivity index (χ1) is 20.4. The van der Waals surface area contributed by atoms with Gasteiger partial charge in [0, 0.05) is 29.6 Å². The molecule has 8 bridgehead atoms. The van der Waals surface area contributed by atoms with Gasteiger partial charge >= 0.3 is 5.97 Å². The summed E-state index contributed by atoms with van der Waals surface area (Å²) in [6, 6.07) is 0. The van der Waals surface area contributed by atoms with Crippen LogP contribution in [0.15, 0.2) is 107 Å². The first kappa shape index (κ1) is 28.7. The fourth-order valence-electron chi connectivity index (χ4n) is 6.57. The highest BCUT2D eigenvalue weighted by molar-refractivity contribution is 6.28. The summed E-state index contributed by atoms with van der Waals surface area (Å²) >= 11 is 0. The van der Waals surface area contributed by atoms with Gasteiger partial charge in [0.15, 0.2) is 5.78 Å². The van der Waals surface area contributed by atoms with Crippen molar-refractivity contribution >= 4 is 28.9 Å². The lowest BCUT2D eigenvalue weighted by Crippen LogP contribution is -2.49. The van der Waals surface area contributed by atoms with Crippen molar-refractivity contribution in [3.63, 3.8) is 0 Å². The van der Waals surface area contributed by atoms with E-state index in [0.29, 0.717) is 79.9 Å². The first-order valence-electron chi connectivity index (χ1n) is 14.3. The standard InChI is InChI=1S/C33H34N4O6/c1-7-33(42)27-12-23-17(4)29-25(39)10-19(31(29)36-23)30-18(8-9-28(40)43-6)15(2)22(35-30)11-21-16(3)20(14-38)24(34-21)13-26(37-27)32(33,5)41/h11-14,37-38,41-42H,7-10H2,1-6H3/b20-14+,22-11?,26-13?,27-12?. The summed E-state index contributed by atoms with van der Waals surface area (Å²) in [5.74, 6) is -0.430. The number of aliphatic imine (C=N–C) groups is 3. The maximum Gasteiger partial charge on any atom is 0.305 e. The largest absolute Gasteiger partial charge is 0.515 e. The van der Waals surface area contributed by atoms with E-state index in [-0.39, 0.29) is 31.0 Å². The number of carbonyl (C=O) groups is 2. The maximum absolute atomic E-state index is 13.4. The molecule has 0 aromatic rings. The van der Waals surface area contributed by atoms with E-state index in [0.717, 1.165) is 17.4 Å². The minimum absolute atomic E-state index is 0.0788. The van der Waals surface area contributed by atoms with Crippen molar-refractivity contribution in [3.8, 4) is 0 Å². The van der Waals surface area contributed by atoms with Crippen LogP contribution in [0, 0.1) is 0 Å². The van der Waals surface area contributed by atoms with E-state index in [2.05, 4.69) is 5.32 Å². The zero-order valence-electron chi connectivity index (χ0n) is 25.0. The molecule has 5 aliphatic heterocycles. The van der Waals surface area contributed by atoms with E-state index < -0.39 is 11.2 Å². The predicted molar refractivity (Wildman–Crippen MR) is 162 cm³/mol. The van der Waals surface area contributed by atoms with E-state index in [1.54, 1.807) is 19.1 Å². The number of allylic oxidation sites excluding steroid dienone is 10. The van der Waals surface area contributed by atoms with Gasteiger partial charge in [-0.3, -0.25) is 9.59 Å². The van der Waals surface area contributed by atoms with Crippen molar-refractivity contribution in [1.82, 2.24) is 5.32 Å². The molecule has 43 heavy (non-hydrogen) atoms. The fourth-order valence-corrected chi connectivity index (χ4v) is 6.57. The normalized spacial score (nSPS) is 28.8. The number of hydrogen-bond donors (Lipinski definition) is 4. The quantitative estimate of drug-likeness (QED) is 0.288. The molecule has 4 N–H and O–H groups in total. The molecule has 10 nitrogen and oxygen atoms in total. The minimum atomic E-state index is -1.73. The second kappa shape index (κ2) is 9.82. The lowest BCUT2D eigenvalue weighted by molar-refractivity contribution is -0.140. The lowest BCUT2D eigenvalue weighted by atomic mass is 9.80. The smallest absolute Gasteiger partial charge is 0.305 e. The van der Waals surface area contributed by atoms with Crippen LogP contribution in [0.5, 0.6) is 0 Å². The van der Waals surface area contributed by atoms with Crippen molar-refractivity contribution < 1.29 is 29.6 Å². The predicted octanol–water partition coefficient (Wildman–Crippen LogP) is 4.04. The molecule has 0 saturated carbocycles. The van der Waals surface area contributed by atoms with Gasteiger partial charge in [0.1, 0.15) is 11.2 Å². The topological polar surface area (TPSA) is 153 Å². The number of nitrogens with zero attached hydrogens (tertiary/aromatic N) is 3. The summed E-state index contributed by atoms with van der Waals surface area (Å²) in [6.45, 7) is 8.89. The number of ether oxygens (including phenoxy) is 1. The molecule has 0 aromatic heterocycles. The summed E-state index contributed by atoms with van der Waals surface area (Å²) in [5, 5.41) is 36.9. The van der Waals surface area contributed by atoms with Crippen molar-refractivity contribution in [2.24, 2.45) is 15.0 Å². The highest BCUT2D eigenvalue weighted by Gasteiger charge is 2.56. The maximum atomic E-state index is 13.4. The van der Waals surface area contributed by atoms with Gasteiger partial charge in [-0.05, 0) is 81.1 Å². The average molecular weight is 583 g/mol. The Kier molecular flexibility index (Phi) is 6.55. The van der Waals surface area contributed by atoms with Crippen LogP contribution >= 0.6 is 0 Å². The number of carbonyl (C=O) groups excluding carboxylic acids is 2. The number of ketones is 1. The summed E-state index contributed by atoms with van der Waals surface area (Å²) in [7, 11) is 1.35. The third-order valence-electron chi connectivity index (χ3n) is 9.40. The molecule has 0 amide bonds. The molecule has 0 radical (unpaired) electrons. The number of methoxy groups -OCH3 is 1. The Morgan fingerprint density at radius 1 is 1.05 bits per heavy atom. The molecular formula is C33H34N4O6. The Labute approximate surface area is 249 Å². The molecule has 1 fully saturated rings. The molecule has 6 rings (SSSR count). The molecule has 2 unspecified atom stereocenters. The SMILES string of the molecule is CCC1(O)C2=CC3=NC4=C(CC(=O)C4=C3C)C3=NC(=CC4=C(C)/C(=C\O)C(=N4)C=C(N2)C1(C)O)C(C)=C3CCC(=O)OC. The molecule has 0 aromatic carbocycles. The number of nitrogens with one attached hydrogen (secondary N) is 1. The van der Waals surface area contributed by atoms with Crippen LogP contribution in [-0.2, 0) is 14.3 Å². The second-order valence-corrected chi connectivity index (χ2v) is 11.7. The van der Waals surface area contributed by atoms with Crippen LogP contribution in [0.2, 0.25) is 0 Å². The van der Waals surface area contributed by atoms with Crippen molar-refractivity contribution in [1.29, 1.82) is 0 Å². The van der Waals surface area contributed by atoms with Crippen molar-refractivity contribution in [2.75, 3.05) is 7.11 Å². The number of Topliss-reactive ketones (excluding diaryl/α,β-unsaturated/α-hetero) is 1. The molecule has 5 heterocycles. The number of aliphatic hydroxyl groups is 3. The Hall–Kier alpha value is -4.41. The van der Waals surface area contributed by atoms with Crippen molar-refractivity contribution in [2.45, 2.75) is 71.5 Å². The van der Waals surface area contributed by atoms with Gasteiger partial charge in [-0.2, -0.15) is 0 Å². The Balaban J connectivity index is 1.64. The van der Waals surface area contributed by atoms with Crippen LogP contribution in [0.1, 0.15) is 60.3 Å². The molecule has 1 saturated heterocycles. The molecule has 222 valence electrons. The van der Waals surface area contributed by atoms with Gasteiger partial charge in [-0.1, -0.05) is 6.92 Å². The highest BCUT2D eigenvalue weighted by atomic mass is 16.5. The van der Waals surface area contributed by atoms with Gasteiger partial charge in [0.2, 0.25) is 0 Å². The van der Waals surface area contributed by atoms with Gasteiger partial charge < -0.3 is 25.4 Å². The first-order valence-corrected chi connectivity index (χ1v) is 14.3. The van der Waals surface area contributed by atoms with Crippen molar-refractivity contribution in [3.05, 3.63) is 92.0 Å². The summed E-state index contributed by atoms with van der Waals surface area (Å²) in [5.41, 5.74) is 5.13. The summed E-state index contributed by atoms with van der Waals surface area (Å²) in [6.07, 6.45) is 6.91. The Bertz CT molecular complexity index is 1780. The number of esters is 1. The van der Waals surface area contributed by atoms with Crippen LogP contribution in [0.25, 0.3) is 0 Å². The molecule has 2 atom stereocenters. The summed E-state index contributed by atoms with van der Waals surface area (Å²) in [4.78, 5) is 40.2. The average Bonchev–Trinajstić information content (AvgIpc) is 3.70. The van der Waals surface area contributed by atoms with Crippen LogP contribution in [-0.4, -0.2) is 62.5 Å². The van der Waals surface area contributed by atoms with E-state index in [9.17, 15) is 24.9 Å². The van der Waals surface area contributed by atoms with Crippen LogP contribution in [0.3, 0.4) is 0 Å². The van der Waals surface area contributed by atoms with E-state index in [1.807, 2.05) is 26.8 Å². The molecule has 6 aliphatic rings. The van der Waals surface area contributed by atoms with Gasteiger partial charge in [-0.25, -0.2) is 15.0 Å². The molecule has 0 spiro atoms. The Morgan fingerprint density at radius 3 is 2.44 bits per heavy atom. The van der Waals surface area contributed by atoms with Gasteiger partial charge in [0.05, 0.1) is 59.0 Å². The second-order valence-electron chi connectivity index (χ2n) is 11.7. The van der Waals surface area contributed by atoms with Gasteiger partial charge in [0.25, 0.3) is 0 Å². The molecular weight excluding hydrogens is 548 g/mol.